The average Bonchev–Trinajstić information content (AvgIpc) is 3.50. The van der Waals surface area contributed by atoms with Crippen molar-refractivity contribution in [2.75, 3.05) is 13.2 Å². The molecule has 1 N–H and O–H groups in total. The summed E-state index contributed by atoms with van der Waals surface area (Å²) in [4.78, 5) is 28.1. The van der Waals surface area contributed by atoms with Crippen molar-refractivity contribution in [2.24, 2.45) is 0 Å². The smallest absolute Gasteiger partial charge is 0.336 e. The number of hydrogen-bond acceptors (Lipinski definition) is 6. The summed E-state index contributed by atoms with van der Waals surface area (Å²) in [5.74, 6) is -0.720. The summed E-state index contributed by atoms with van der Waals surface area (Å²) < 4.78 is 11.3. The molecule has 0 amide bonds. The van der Waals surface area contributed by atoms with E-state index in [2.05, 4.69) is 11.4 Å². The first-order valence-corrected chi connectivity index (χ1v) is 12.6. The molecule has 0 saturated carbocycles. The number of rotatable bonds is 5. The van der Waals surface area contributed by atoms with E-state index in [9.17, 15) is 9.59 Å². The Morgan fingerprint density at radius 1 is 1.27 bits per heavy atom. The van der Waals surface area contributed by atoms with Gasteiger partial charge in [-0.1, -0.05) is 29.8 Å². The van der Waals surface area contributed by atoms with E-state index in [1.807, 2.05) is 36.6 Å². The molecule has 1 fully saturated rings. The van der Waals surface area contributed by atoms with Crippen molar-refractivity contribution in [3.63, 3.8) is 0 Å². The number of Topliss-reactive ketones (excluding diaryl/α,β-unsaturated/α-hetero) is 1. The first-order valence-electron chi connectivity index (χ1n) is 11.3. The van der Waals surface area contributed by atoms with E-state index in [-0.39, 0.29) is 24.4 Å². The van der Waals surface area contributed by atoms with Crippen LogP contribution in [0.25, 0.3) is 0 Å². The van der Waals surface area contributed by atoms with Gasteiger partial charge in [0.15, 0.2) is 5.78 Å². The Labute approximate surface area is 202 Å². The first kappa shape index (κ1) is 22.4. The molecule has 172 valence electrons. The predicted molar refractivity (Wildman–Crippen MR) is 128 cm³/mol. The van der Waals surface area contributed by atoms with Crippen molar-refractivity contribution < 1.29 is 19.1 Å². The van der Waals surface area contributed by atoms with Crippen molar-refractivity contribution in [3.8, 4) is 0 Å². The van der Waals surface area contributed by atoms with Crippen LogP contribution in [0.15, 0.2) is 64.3 Å². The lowest BCUT2D eigenvalue weighted by Crippen LogP contribution is -2.36. The number of ketones is 1. The molecule has 2 aliphatic heterocycles. The van der Waals surface area contributed by atoms with Gasteiger partial charge in [-0.15, -0.1) is 11.3 Å². The lowest BCUT2D eigenvalue weighted by Gasteiger charge is -2.36. The number of hydrogen-bond donors (Lipinski definition) is 1. The van der Waals surface area contributed by atoms with Gasteiger partial charge in [0.1, 0.15) is 6.61 Å². The van der Waals surface area contributed by atoms with Crippen LogP contribution in [-0.4, -0.2) is 31.1 Å². The highest BCUT2D eigenvalue weighted by atomic mass is 35.5. The summed E-state index contributed by atoms with van der Waals surface area (Å²) >= 11 is 7.99. The molecule has 0 unspecified atom stereocenters. The van der Waals surface area contributed by atoms with Gasteiger partial charge in [0, 0.05) is 51.7 Å². The van der Waals surface area contributed by atoms with Crippen LogP contribution in [0.1, 0.15) is 54.9 Å². The fourth-order valence-corrected chi connectivity index (χ4v) is 6.11. The Balaban J connectivity index is 1.50. The first-order chi connectivity index (χ1) is 16.0. The molecule has 3 atom stereocenters. The number of carbonyl (C=O) groups is 2. The molecule has 2 aromatic rings. The summed E-state index contributed by atoms with van der Waals surface area (Å²) in [7, 11) is 0. The van der Waals surface area contributed by atoms with E-state index in [0.717, 1.165) is 36.2 Å². The van der Waals surface area contributed by atoms with Gasteiger partial charge in [-0.2, -0.15) is 0 Å². The van der Waals surface area contributed by atoms with Gasteiger partial charge >= 0.3 is 5.97 Å². The van der Waals surface area contributed by atoms with Crippen molar-refractivity contribution in [1.82, 2.24) is 5.32 Å². The van der Waals surface area contributed by atoms with Crippen LogP contribution in [0.3, 0.4) is 0 Å². The number of dihydropyridines is 1. The average molecular weight is 484 g/mol. The Morgan fingerprint density at radius 2 is 2.15 bits per heavy atom. The van der Waals surface area contributed by atoms with Crippen molar-refractivity contribution in [3.05, 3.63) is 79.8 Å². The SMILES string of the molecule is CC1=C(C(=O)OC[C@H]2CCCO2)[C@H](c2cccc(Cl)c2)C2=C(C[C@@H](c3cccs3)CC2=O)N1. The second kappa shape index (κ2) is 9.45. The van der Waals surface area contributed by atoms with Gasteiger partial charge in [-0.05, 0) is 55.3 Å². The molecular formula is C26H26ClNO4S. The summed E-state index contributed by atoms with van der Waals surface area (Å²) in [6.07, 6.45) is 2.96. The van der Waals surface area contributed by atoms with E-state index in [4.69, 9.17) is 21.1 Å². The van der Waals surface area contributed by atoms with E-state index in [0.29, 0.717) is 29.2 Å². The van der Waals surface area contributed by atoms with Crippen molar-refractivity contribution in [1.29, 1.82) is 0 Å². The number of ether oxygens (including phenoxy) is 2. The number of halogens is 1. The van der Waals surface area contributed by atoms with E-state index in [1.165, 1.54) is 4.88 Å². The van der Waals surface area contributed by atoms with Crippen LogP contribution in [0.2, 0.25) is 5.02 Å². The summed E-state index contributed by atoms with van der Waals surface area (Å²) in [6.45, 7) is 2.80. The Hall–Kier alpha value is -2.41. The maximum atomic E-state index is 13.5. The zero-order valence-corrected chi connectivity index (χ0v) is 20.0. The number of thiophene rings is 1. The Bertz CT molecular complexity index is 1130. The fourth-order valence-electron chi connectivity index (χ4n) is 5.08. The highest BCUT2D eigenvalue weighted by Gasteiger charge is 2.41. The molecule has 1 aromatic carbocycles. The number of benzene rings is 1. The van der Waals surface area contributed by atoms with E-state index < -0.39 is 11.9 Å². The predicted octanol–water partition coefficient (Wildman–Crippen LogP) is 5.49. The quantitative estimate of drug-likeness (QED) is 0.570. The minimum Gasteiger partial charge on any atom is -0.459 e. The summed E-state index contributed by atoms with van der Waals surface area (Å²) in [5, 5.41) is 6.00. The largest absolute Gasteiger partial charge is 0.459 e. The maximum Gasteiger partial charge on any atom is 0.336 e. The molecule has 0 radical (unpaired) electrons. The molecule has 5 nitrogen and oxygen atoms in total. The Kier molecular flexibility index (Phi) is 6.41. The standard InChI is InChI=1S/C26H26ClNO4S/c1-15-23(26(30)32-14-19-7-3-9-31-19)24(16-5-2-6-18(27)11-16)25-20(28-15)12-17(13-21(25)29)22-8-4-10-33-22/h2,4-6,8,10-11,17,19,24,28H,3,7,9,12-14H2,1H3/t17-,19-,24+/m1/s1. The van der Waals surface area contributed by atoms with Crippen LogP contribution in [0, 0.1) is 0 Å². The van der Waals surface area contributed by atoms with Crippen LogP contribution < -0.4 is 5.32 Å². The third-order valence-corrected chi connectivity index (χ3v) is 7.87. The van der Waals surface area contributed by atoms with E-state index in [1.54, 1.807) is 17.4 Å². The van der Waals surface area contributed by atoms with Crippen LogP contribution in [-0.2, 0) is 19.1 Å². The second-order valence-corrected chi connectivity index (χ2v) is 10.2. The molecule has 0 bridgehead atoms. The molecule has 3 heterocycles. The van der Waals surface area contributed by atoms with Gasteiger partial charge in [0.05, 0.1) is 11.7 Å². The molecular weight excluding hydrogens is 458 g/mol. The van der Waals surface area contributed by atoms with Gasteiger partial charge in [-0.3, -0.25) is 4.79 Å². The third-order valence-electron chi connectivity index (χ3n) is 6.60. The highest BCUT2D eigenvalue weighted by Crippen LogP contribution is 2.46. The van der Waals surface area contributed by atoms with Crippen LogP contribution in [0.5, 0.6) is 0 Å². The lowest BCUT2D eigenvalue weighted by molar-refractivity contribution is -0.142. The minimum atomic E-state index is -0.506. The van der Waals surface area contributed by atoms with Crippen molar-refractivity contribution >= 4 is 34.7 Å². The molecule has 5 rings (SSSR count). The Morgan fingerprint density at radius 3 is 2.88 bits per heavy atom. The minimum absolute atomic E-state index is 0.0593. The fraction of sp³-hybridized carbons (Fsp3) is 0.385. The zero-order chi connectivity index (χ0) is 22.9. The topological polar surface area (TPSA) is 64.6 Å². The van der Waals surface area contributed by atoms with Crippen molar-refractivity contribution in [2.45, 2.75) is 50.5 Å². The van der Waals surface area contributed by atoms with Gasteiger partial charge in [0.25, 0.3) is 0 Å². The zero-order valence-electron chi connectivity index (χ0n) is 18.4. The highest BCUT2D eigenvalue weighted by molar-refractivity contribution is 7.10. The van der Waals surface area contributed by atoms with Crippen LogP contribution >= 0.6 is 22.9 Å². The van der Waals surface area contributed by atoms with Gasteiger partial charge in [0.2, 0.25) is 0 Å². The molecule has 33 heavy (non-hydrogen) atoms. The van der Waals surface area contributed by atoms with E-state index >= 15 is 0 Å². The number of nitrogens with one attached hydrogen (secondary N) is 1. The maximum absolute atomic E-state index is 13.5. The monoisotopic (exact) mass is 483 g/mol. The van der Waals surface area contributed by atoms with Gasteiger partial charge in [-0.25, -0.2) is 4.79 Å². The molecule has 1 aliphatic carbocycles. The molecule has 1 aromatic heterocycles. The lowest BCUT2D eigenvalue weighted by atomic mass is 9.72. The number of allylic oxidation sites excluding steroid dienone is 3. The summed E-state index contributed by atoms with van der Waals surface area (Å²) in [6, 6.07) is 11.5. The third kappa shape index (κ3) is 4.52. The summed E-state index contributed by atoms with van der Waals surface area (Å²) in [5.41, 5.74) is 3.55. The van der Waals surface area contributed by atoms with Crippen LogP contribution in [0.4, 0.5) is 0 Å². The molecule has 7 heteroatoms. The normalized spacial score (nSPS) is 25.2. The van der Waals surface area contributed by atoms with Gasteiger partial charge < -0.3 is 14.8 Å². The molecule has 1 saturated heterocycles. The number of esters is 1. The molecule has 3 aliphatic rings. The second-order valence-electron chi connectivity index (χ2n) is 8.82. The number of carbonyl (C=O) groups excluding carboxylic acids is 2. The molecule has 0 spiro atoms.